The van der Waals surface area contributed by atoms with Crippen molar-refractivity contribution in [2.45, 2.75) is 81.6 Å². The van der Waals surface area contributed by atoms with Gasteiger partial charge in [0.15, 0.2) is 0 Å². The minimum atomic E-state index is -0.898. The van der Waals surface area contributed by atoms with E-state index >= 15 is 0 Å². The van der Waals surface area contributed by atoms with Gasteiger partial charge in [-0.3, -0.25) is 24.1 Å². The number of aromatic nitrogens is 3. The van der Waals surface area contributed by atoms with Crippen LogP contribution in [0.15, 0.2) is 60.8 Å². The predicted molar refractivity (Wildman–Crippen MR) is 178 cm³/mol. The van der Waals surface area contributed by atoms with Gasteiger partial charge in [-0.15, -0.1) is 5.10 Å². The molecule has 0 aliphatic carbocycles. The Morgan fingerprint density at radius 2 is 1.65 bits per heavy atom. The third-order valence-electron chi connectivity index (χ3n) is 10.6. The highest BCUT2D eigenvalue weighted by molar-refractivity contribution is 5.94. The molecule has 2 bridgehead atoms. The van der Waals surface area contributed by atoms with Crippen LogP contribution in [0, 0.1) is 5.82 Å². The van der Waals surface area contributed by atoms with Gasteiger partial charge < -0.3 is 20.4 Å². The summed E-state index contributed by atoms with van der Waals surface area (Å²) in [4.78, 5) is 61.0. The molecule has 0 unspecified atom stereocenters. The number of likely N-dealkylation sites (tertiary alicyclic amines) is 1. The van der Waals surface area contributed by atoms with Crippen molar-refractivity contribution in [3.8, 4) is 0 Å². The fraction of sp³-hybridized carbons (Fsp3) is 0.500. The Morgan fingerprint density at radius 1 is 0.918 bits per heavy atom. The lowest BCUT2D eigenvalue weighted by atomic mass is 9.83. The summed E-state index contributed by atoms with van der Waals surface area (Å²) in [7, 11) is 0. The summed E-state index contributed by atoms with van der Waals surface area (Å²) in [5, 5.41) is 14.9. The van der Waals surface area contributed by atoms with Crippen LogP contribution in [0.3, 0.4) is 0 Å². The lowest BCUT2D eigenvalue weighted by Gasteiger charge is -2.45. The number of benzene rings is 2. The molecular weight excluding hydrogens is 627 g/mol. The van der Waals surface area contributed by atoms with E-state index in [-0.39, 0.29) is 48.6 Å². The van der Waals surface area contributed by atoms with Crippen LogP contribution in [-0.4, -0.2) is 110 Å². The molecule has 8 rings (SSSR count). The fourth-order valence-corrected chi connectivity index (χ4v) is 7.99. The van der Waals surface area contributed by atoms with Crippen molar-refractivity contribution in [1.29, 1.82) is 0 Å². The van der Waals surface area contributed by atoms with Gasteiger partial charge >= 0.3 is 0 Å². The van der Waals surface area contributed by atoms with Crippen LogP contribution in [0.1, 0.15) is 66.6 Å². The number of halogens is 1. The lowest BCUT2D eigenvalue weighted by Crippen LogP contribution is -2.63. The first-order valence-corrected chi connectivity index (χ1v) is 17.4. The molecule has 5 saturated heterocycles. The molecule has 5 aliphatic rings. The molecule has 49 heavy (non-hydrogen) atoms. The molecule has 13 heteroatoms. The molecule has 2 N–H and O–H groups in total. The molecule has 1 aromatic heterocycles. The van der Waals surface area contributed by atoms with E-state index in [0.717, 1.165) is 37.8 Å². The van der Waals surface area contributed by atoms with Crippen molar-refractivity contribution >= 4 is 23.6 Å². The van der Waals surface area contributed by atoms with Gasteiger partial charge in [-0.25, -0.2) is 9.07 Å². The van der Waals surface area contributed by atoms with E-state index in [1.54, 1.807) is 9.58 Å². The van der Waals surface area contributed by atoms with Crippen LogP contribution in [0.4, 0.5) is 4.39 Å². The van der Waals surface area contributed by atoms with E-state index in [1.165, 1.54) is 24.3 Å². The molecule has 12 nitrogen and oxygen atoms in total. The number of piperidine rings is 2. The number of nitrogens with zero attached hydrogens (tertiary/aromatic N) is 6. The third-order valence-corrected chi connectivity index (χ3v) is 10.6. The van der Waals surface area contributed by atoms with Crippen molar-refractivity contribution in [3.05, 3.63) is 83.4 Å². The first-order chi connectivity index (χ1) is 23.7. The van der Waals surface area contributed by atoms with Gasteiger partial charge in [0.2, 0.25) is 17.7 Å². The fourth-order valence-electron chi connectivity index (χ4n) is 7.99. The number of fused-ring (bicyclic) bond motifs is 7. The second kappa shape index (κ2) is 14.1. The number of carbonyl (C=O) groups is 4. The van der Waals surface area contributed by atoms with E-state index in [0.29, 0.717) is 56.8 Å². The summed E-state index contributed by atoms with van der Waals surface area (Å²) in [5.74, 6) is -1.20. The third kappa shape index (κ3) is 7.36. The minimum absolute atomic E-state index is 0.0298. The van der Waals surface area contributed by atoms with Gasteiger partial charge in [0, 0.05) is 56.8 Å². The van der Waals surface area contributed by atoms with Crippen LogP contribution >= 0.6 is 0 Å². The van der Waals surface area contributed by atoms with Crippen molar-refractivity contribution in [2.24, 2.45) is 0 Å². The van der Waals surface area contributed by atoms with Crippen molar-refractivity contribution < 1.29 is 23.6 Å². The normalized spacial score (nSPS) is 23.7. The van der Waals surface area contributed by atoms with E-state index in [9.17, 15) is 23.6 Å². The highest BCUT2D eigenvalue weighted by Gasteiger charge is 2.45. The number of amides is 4. The van der Waals surface area contributed by atoms with E-state index in [4.69, 9.17) is 0 Å². The maximum atomic E-state index is 14.0. The topological polar surface area (TPSA) is 133 Å². The summed E-state index contributed by atoms with van der Waals surface area (Å²) in [5.41, 5.74) is 1.16. The average molecular weight is 671 g/mol. The number of nitrogens with one attached hydrogen (secondary N) is 2. The van der Waals surface area contributed by atoms with E-state index in [2.05, 4.69) is 25.8 Å². The molecule has 2 aromatic carbocycles. The zero-order valence-corrected chi connectivity index (χ0v) is 27.6. The average Bonchev–Trinajstić information content (AvgIpc) is 3.78. The lowest BCUT2D eigenvalue weighted by molar-refractivity contribution is -0.140. The Balaban J connectivity index is 1.12. The molecule has 3 aromatic rings. The number of carbonyl (C=O) groups excluding carboxylic acids is 4. The maximum absolute atomic E-state index is 14.0. The molecule has 258 valence electrons. The smallest absolute Gasteiger partial charge is 0.253 e. The van der Waals surface area contributed by atoms with Crippen LogP contribution < -0.4 is 10.6 Å². The van der Waals surface area contributed by atoms with Gasteiger partial charge in [0.25, 0.3) is 5.91 Å². The summed E-state index contributed by atoms with van der Waals surface area (Å²) < 4.78 is 15.2. The van der Waals surface area contributed by atoms with E-state index < -0.39 is 17.4 Å². The van der Waals surface area contributed by atoms with Crippen LogP contribution in [-0.2, 0) is 27.3 Å². The standard InChI is InChI=1S/C36H43FN8O4/c37-27-10-8-26(9-11-27)34(48)43-19-14-36(15-20-43)22-32(46)38-30(21-28-24-44(41-40-28)23-25-5-2-1-3-6-25)35(49)42-17-12-29(13-18-42)45-16-4-7-31(45)33(47)39-36/h1-3,5-6,8-11,24,29-31H,4,7,12-23H2,(H,38,46)(H,39,47)/t30-,31+/m1/s1. The van der Waals surface area contributed by atoms with Crippen molar-refractivity contribution in [1.82, 2.24) is 40.3 Å². The quantitative estimate of drug-likeness (QED) is 0.425. The first-order valence-electron chi connectivity index (χ1n) is 17.4. The van der Waals surface area contributed by atoms with Crippen LogP contribution in [0.2, 0.25) is 0 Å². The molecule has 4 amide bonds. The molecular formula is C36H43FN8O4. The highest BCUT2D eigenvalue weighted by Crippen LogP contribution is 2.31. The van der Waals surface area contributed by atoms with Crippen LogP contribution in [0.25, 0.3) is 0 Å². The zero-order chi connectivity index (χ0) is 34.0. The Labute approximate surface area is 285 Å². The highest BCUT2D eigenvalue weighted by atomic mass is 19.1. The largest absolute Gasteiger partial charge is 0.349 e. The first kappa shape index (κ1) is 32.9. The summed E-state index contributed by atoms with van der Waals surface area (Å²) >= 11 is 0. The summed E-state index contributed by atoms with van der Waals surface area (Å²) in [6, 6.07) is 14.4. The molecule has 5 aliphatic heterocycles. The SMILES string of the molecule is O=C1CC2(CCN(C(=O)c3ccc(F)cc3)CC2)NC(=O)[C@@H]2CCCN2C2CCN(CC2)C(=O)[C@@H](Cc2cn(Cc3ccccc3)nn2)N1. The maximum Gasteiger partial charge on any atom is 0.253 e. The summed E-state index contributed by atoms with van der Waals surface area (Å²) in [6.45, 7) is 3.12. The van der Waals surface area contributed by atoms with Crippen molar-refractivity contribution in [2.75, 3.05) is 32.7 Å². The van der Waals surface area contributed by atoms with Gasteiger partial charge in [-0.2, -0.15) is 0 Å². The Hall–Kier alpha value is -4.65. The number of hydrogen-bond donors (Lipinski definition) is 2. The van der Waals surface area contributed by atoms with Gasteiger partial charge in [0.1, 0.15) is 11.9 Å². The number of rotatable bonds is 5. The van der Waals surface area contributed by atoms with Gasteiger partial charge in [0.05, 0.1) is 23.8 Å². The molecule has 2 atom stereocenters. The van der Waals surface area contributed by atoms with Crippen LogP contribution in [0.5, 0.6) is 0 Å². The molecule has 5 fully saturated rings. The molecule has 6 heterocycles. The molecule has 0 radical (unpaired) electrons. The zero-order valence-electron chi connectivity index (χ0n) is 27.6. The van der Waals surface area contributed by atoms with E-state index in [1.807, 2.05) is 41.4 Å². The summed E-state index contributed by atoms with van der Waals surface area (Å²) in [6.07, 6.45) is 5.89. The van der Waals surface area contributed by atoms with Gasteiger partial charge in [-0.1, -0.05) is 35.5 Å². The monoisotopic (exact) mass is 670 g/mol. The second-order valence-electron chi connectivity index (χ2n) is 13.9. The molecule has 0 saturated carbocycles. The Kier molecular flexibility index (Phi) is 9.44. The Morgan fingerprint density at radius 3 is 2.39 bits per heavy atom. The molecule has 1 spiro atoms. The van der Waals surface area contributed by atoms with Gasteiger partial charge in [-0.05, 0) is 74.9 Å². The number of hydrogen-bond acceptors (Lipinski definition) is 7. The Bertz CT molecular complexity index is 1670. The minimum Gasteiger partial charge on any atom is -0.349 e. The van der Waals surface area contributed by atoms with Crippen molar-refractivity contribution in [3.63, 3.8) is 0 Å². The second-order valence-corrected chi connectivity index (χ2v) is 13.9. The predicted octanol–water partition coefficient (Wildman–Crippen LogP) is 2.14.